The Labute approximate surface area is 167 Å². The van der Waals surface area contributed by atoms with Gasteiger partial charge in [-0.15, -0.1) is 0 Å². The molecular weight excluding hydrogens is 299 g/mol. The van der Waals surface area contributed by atoms with Crippen LogP contribution in [-0.2, 0) is 6.42 Å². The molecule has 0 saturated heterocycles. The zero-order valence-electron chi connectivity index (χ0n) is 12.6. The maximum Gasteiger partial charge on any atom is 1.00 e. The second kappa shape index (κ2) is 8.11. The van der Waals surface area contributed by atoms with Crippen molar-refractivity contribution in [1.29, 1.82) is 0 Å². The zero-order valence-corrected chi connectivity index (χ0v) is 15.6. The maximum absolute atomic E-state index is 5.91. The number of aromatic amines is 1. The molecule has 0 aliphatic carbocycles. The molecule has 5 N–H and O–H groups in total. The van der Waals surface area contributed by atoms with Crippen molar-refractivity contribution in [3.8, 4) is 5.75 Å². The summed E-state index contributed by atoms with van der Waals surface area (Å²) < 4.78 is 5.87. The van der Waals surface area contributed by atoms with E-state index in [0.717, 1.165) is 16.9 Å². The molecule has 0 saturated carbocycles. The van der Waals surface area contributed by atoms with Crippen LogP contribution in [0.1, 0.15) is 19.5 Å². The number of hydrogen-bond donors (Lipinski definition) is 3. The Hall–Kier alpha value is -0.444. The minimum absolute atomic E-state index is 0. The Kier molecular flexibility index (Phi) is 7.14. The summed E-state index contributed by atoms with van der Waals surface area (Å²) in [7, 11) is 0. The van der Waals surface area contributed by atoms with Crippen molar-refractivity contribution in [2.75, 3.05) is 18.1 Å². The third-order valence-corrected chi connectivity index (χ3v) is 2.93. The van der Waals surface area contributed by atoms with E-state index < -0.39 is 0 Å². The van der Waals surface area contributed by atoms with E-state index >= 15 is 0 Å². The molecule has 1 aromatic heterocycles. The molecule has 7 heteroatoms. The van der Waals surface area contributed by atoms with Gasteiger partial charge in [0.1, 0.15) is 17.4 Å². The van der Waals surface area contributed by atoms with Crippen molar-refractivity contribution in [2.24, 2.45) is 0 Å². The van der Waals surface area contributed by atoms with Crippen LogP contribution in [0.25, 0.3) is 0 Å². The molecular formula is C13H17KN4OS. The fourth-order valence-electron chi connectivity index (χ4n) is 1.86. The summed E-state index contributed by atoms with van der Waals surface area (Å²) in [5.41, 5.74) is 13.5. The molecule has 5 nitrogen and oxygen atoms in total. The van der Waals surface area contributed by atoms with Crippen molar-refractivity contribution in [2.45, 2.75) is 13.3 Å². The first-order valence-electron chi connectivity index (χ1n) is 5.96. The minimum atomic E-state index is 0. The normalized spacial score (nSPS) is 9.85. The van der Waals surface area contributed by atoms with Gasteiger partial charge >= 0.3 is 51.4 Å². The molecule has 0 spiro atoms. The third-order valence-electron chi connectivity index (χ3n) is 2.74. The first-order chi connectivity index (χ1) is 9.11. The van der Waals surface area contributed by atoms with Gasteiger partial charge in [-0.1, -0.05) is 18.2 Å². The summed E-state index contributed by atoms with van der Waals surface area (Å²) in [6.07, 6.45) is 0.549. The van der Waals surface area contributed by atoms with Crippen molar-refractivity contribution >= 4 is 23.9 Å². The standard InChI is InChI=1S/C13H16N4OS.K.H/c1-2-18-10-6-4-3-5-8(10)7-9-11(14)16-13(19)17-12(9)15;;/h3-6H,2,7H2,1H3,(H5,14,15,16,17,19);;/q;+1;-1. The molecule has 1 heterocycles. The Morgan fingerprint density at radius 2 is 2.05 bits per heavy atom. The van der Waals surface area contributed by atoms with E-state index in [1.54, 1.807) is 0 Å². The van der Waals surface area contributed by atoms with E-state index in [9.17, 15) is 0 Å². The van der Waals surface area contributed by atoms with Crippen molar-refractivity contribution < 1.29 is 57.5 Å². The topological polar surface area (TPSA) is 90.0 Å². The molecule has 0 unspecified atom stereocenters. The minimum Gasteiger partial charge on any atom is -1.00 e. The van der Waals surface area contributed by atoms with E-state index in [0.29, 0.717) is 24.7 Å². The summed E-state index contributed by atoms with van der Waals surface area (Å²) in [5.74, 6) is 1.63. The van der Waals surface area contributed by atoms with Crippen LogP contribution in [0.5, 0.6) is 5.75 Å². The summed E-state index contributed by atoms with van der Waals surface area (Å²) in [6.45, 7) is 2.55. The summed E-state index contributed by atoms with van der Waals surface area (Å²) in [5, 5.41) is 0. The number of hydrogen-bond acceptors (Lipinski definition) is 5. The van der Waals surface area contributed by atoms with Gasteiger partial charge in [0.15, 0.2) is 4.77 Å². The number of H-pyrrole nitrogens is 1. The molecule has 0 fully saturated rings. The predicted molar refractivity (Wildman–Crippen MR) is 79.8 cm³/mol. The Morgan fingerprint density at radius 3 is 2.70 bits per heavy atom. The fraction of sp³-hybridized carbons (Fsp3) is 0.231. The van der Waals surface area contributed by atoms with Gasteiger partial charge in [0.25, 0.3) is 0 Å². The van der Waals surface area contributed by atoms with Gasteiger partial charge in [0.2, 0.25) is 0 Å². The molecule has 0 aliphatic heterocycles. The zero-order chi connectivity index (χ0) is 13.8. The molecule has 0 radical (unpaired) electrons. The van der Waals surface area contributed by atoms with Crippen LogP contribution in [0.2, 0.25) is 0 Å². The number of rotatable bonds is 4. The van der Waals surface area contributed by atoms with Crippen molar-refractivity contribution in [3.63, 3.8) is 0 Å². The van der Waals surface area contributed by atoms with Crippen molar-refractivity contribution in [1.82, 2.24) is 9.97 Å². The molecule has 20 heavy (non-hydrogen) atoms. The molecule has 2 rings (SSSR count). The molecule has 0 aliphatic rings. The smallest absolute Gasteiger partial charge is 1.00 e. The molecule has 1 aromatic carbocycles. The van der Waals surface area contributed by atoms with Gasteiger partial charge in [0, 0.05) is 12.0 Å². The number of nitrogens with two attached hydrogens (primary N) is 2. The van der Waals surface area contributed by atoms with Crippen LogP contribution in [0, 0.1) is 4.77 Å². The monoisotopic (exact) mass is 316 g/mol. The second-order valence-corrected chi connectivity index (χ2v) is 4.42. The first kappa shape index (κ1) is 17.6. The Bertz CT molecular complexity index is 624. The number of ether oxygens (including phenoxy) is 1. The molecule has 0 bridgehead atoms. The van der Waals surface area contributed by atoms with E-state index in [-0.39, 0.29) is 57.6 Å². The van der Waals surface area contributed by atoms with Crippen LogP contribution >= 0.6 is 12.2 Å². The average molecular weight is 316 g/mol. The maximum atomic E-state index is 5.91. The quantitative estimate of drug-likeness (QED) is 0.518. The van der Waals surface area contributed by atoms with Crippen LogP contribution in [0.3, 0.4) is 0 Å². The first-order valence-corrected chi connectivity index (χ1v) is 6.37. The molecule has 0 amide bonds. The van der Waals surface area contributed by atoms with Gasteiger partial charge < -0.3 is 22.6 Å². The number of para-hydroxylation sites is 1. The third kappa shape index (κ3) is 4.27. The molecule has 0 atom stereocenters. The van der Waals surface area contributed by atoms with E-state index in [1.807, 2.05) is 31.2 Å². The number of benzene rings is 1. The van der Waals surface area contributed by atoms with Crippen molar-refractivity contribution in [3.05, 3.63) is 40.2 Å². The molecule has 2 aromatic rings. The number of aromatic nitrogens is 2. The van der Waals surface area contributed by atoms with E-state index in [1.165, 1.54) is 0 Å². The van der Waals surface area contributed by atoms with Crippen LogP contribution in [0.15, 0.2) is 24.3 Å². The fourth-order valence-corrected chi connectivity index (χ4v) is 2.06. The number of nitrogens with zero attached hydrogens (tertiary/aromatic N) is 1. The van der Waals surface area contributed by atoms with Gasteiger partial charge in [-0.25, -0.2) is 4.98 Å². The molecule has 102 valence electrons. The van der Waals surface area contributed by atoms with Crippen LogP contribution in [-0.4, -0.2) is 16.6 Å². The van der Waals surface area contributed by atoms with Crippen LogP contribution < -0.4 is 67.6 Å². The van der Waals surface area contributed by atoms with E-state index in [4.69, 9.17) is 28.4 Å². The number of nitrogens with one attached hydrogen (secondary N) is 1. The second-order valence-electron chi connectivity index (χ2n) is 4.04. The summed E-state index contributed by atoms with van der Waals surface area (Å²) in [6, 6.07) is 7.77. The van der Waals surface area contributed by atoms with Crippen LogP contribution in [0.4, 0.5) is 11.6 Å². The van der Waals surface area contributed by atoms with Gasteiger partial charge in [-0.05, 0) is 30.8 Å². The predicted octanol–water partition coefficient (Wildman–Crippen LogP) is -0.590. The van der Waals surface area contributed by atoms with Gasteiger partial charge in [-0.2, -0.15) is 0 Å². The number of anilines is 2. The Morgan fingerprint density at radius 1 is 1.35 bits per heavy atom. The van der Waals surface area contributed by atoms with Gasteiger partial charge in [0.05, 0.1) is 6.61 Å². The SMILES string of the molecule is CCOc1ccccc1Cc1c(N)nc(=S)[nH]c1N.[H-].[K+]. The number of nitrogen functional groups attached to an aromatic ring is 2. The van der Waals surface area contributed by atoms with E-state index in [2.05, 4.69) is 9.97 Å². The Balaban J connectivity index is 0.00000200. The summed E-state index contributed by atoms with van der Waals surface area (Å²) in [4.78, 5) is 6.83. The largest absolute Gasteiger partial charge is 1.00 e. The average Bonchev–Trinajstić information content (AvgIpc) is 2.36. The van der Waals surface area contributed by atoms with Gasteiger partial charge in [-0.3, -0.25) is 0 Å². The summed E-state index contributed by atoms with van der Waals surface area (Å²) >= 11 is 4.93.